The highest BCUT2D eigenvalue weighted by molar-refractivity contribution is 5.79. The summed E-state index contributed by atoms with van der Waals surface area (Å²) in [6.07, 6.45) is 0. The molecule has 0 radical (unpaired) electrons. The number of imidazole rings is 1. The first-order valence-corrected chi connectivity index (χ1v) is 8.42. The largest absolute Gasteiger partial charge is 0.342 e. The molecule has 2 aromatic heterocycles. The summed E-state index contributed by atoms with van der Waals surface area (Å²) in [4.78, 5) is 7.82. The summed E-state index contributed by atoms with van der Waals surface area (Å²) in [5, 5.41) is 4.75. The third kappa shape index (κ3) is 3.03. The van der Waals surface area contributed by atoms with E-state index in [-0.39, 0.29) is 0 Å². The Kier molecular flexibility index (Phi) is 4.93. The molecule has 0 saturated carbocycles. The summed E-state index contributed by atoms with van der Waals surface area (Å²) >= 11 is 0. The summed E-state index contributed by atoms with van der Waals surface area (Å²) in [5.41, 5.74) is 8.06. The number of aromatic nitrogens is 4. The number of hydrogen-bond donors (Lipinski definition) is 1. The zero-order chi connectivity index (χ0) is 17.3. The van der Waals surface area contributed by atoms with Gasteiger partial charge in [0.1, 0.15) is 5.82 Å². The molecule has 0 fully saturated rings. The molecule has 0 amide bonds. The quantitative estimate of drug-likeness (QED) is 0.713. The Balaban J connectivity index is 0.000000924. The molecule has 2 heterocycles. The molecule has 0 aliphatic carbocycles. The lowest BCUT2D eigenvalue weighted by Crippen LogP contribution is -2.02. The lowest BCUT2D eigenvalue weighted by Gasteiger charge is -2.10. The van der Waals surface area contributed by atoms with Gasteiger partial charge < -0.3 is 4.98 Å². The number of rotatable bonds is 2. The van der Waals surface area contributed by atoms with E-state index in [0.29, 0.717) is 5.92 Å². The topological polar surface area (TPSA) is 46.5 Å². The Morgan fingerprint density at radius 3 is 2.26 bits per heavy atom. The van der Waals surface area contributed by atoms with Crippen molar-refractivity contribution >= 4 is 11.0 Å². The first kappa shape index (κ1) is 17.3. The number of aryl methyl sites for hydroxylation is 3. The smallest absolute Gasteiger partial charge is 0.104 e. The second kappa shape index (κ2) is 6.57. The molecule has 0 unspecified atom stereocenters. The molecular weight excluding hydrogens is 284 g/mol. The molecule has 23 heavy (non-hydrogen) atoms. The Bertz CT molecular complexity index is 822. The molecule has 4 nitrogen and oxygen atoms in total. The van der Waals surface area contributed by atoms with E-state index in [1.807, 2.05) is 20.8 Å². The molecule has 4 heteroatoms. The van der Waals surface area contributed by atoms with E-state index in [2.05, 4.69) is 61.4 Å². The second-order valence-corrected chi connectivity index (χ2v) is 6.13. The van der Waals surface area contributed by atoms with Crippen LogP contribution in [0.5, 0.6) is 0 Å². The van der Waals surface area contributed by atoms with Gasteiger partial charge in [-0.1, -0.05) is 27.7 Å². The molecule has 0 atom stereocenters. The molecule has 0 bridgehead atoms. The van der Waals surface area contributed by atoms with Gasteiger partial charge in [0.2, 0.25) is 0 Å². The summed E-state index contributed by atoms with van der Waals surface area (Å²) in [5.74, 6) is 1.42. The zero-order valence-corrected chi connectivity index (χ0v) is 15.6. The Labute approximate surface area is 138 Å². The van der Waals surface area contributed by atoms with Crippen LogP contribution in [0.25, 0.3) is 16.7 Å². The third-order valence-electron chi connectivity index (χ3n) is 4.07. The van der Waals surface area contributed by atoms with Crippen LogP contribution in [0.2, 0.25) is 0 Å². The summed E-state index contributed by atoms with van der Waals surface area (Å²) < 4.78 is 2.06. The SMILES string of the molecule is CC.Cc1nc2cc(-n3nc(C)c(C(C)C)c3C)c(C)cc2[nH]1. The Hall–Kier alpha value is -2.10. The Morgan fingerprint density at radius 2 is 1.70 bits per heavy atom. The van der Waals surface area contributed by atoms with Crippen molar-refractivity contribution in [3.63, 3.8) is 0 Å². The van der Waals surface area contributed by atoms with Gasteiger partial charge in [-0.3, -0.25) is 0 Å². The maximum Gasteiger partial charge on any atom is 0.104 e. The van der Waals surface area contributed by atoms with Gasteiger partial charge in [-0.15, -0.1) is 0 Å². The van der Waals surface area contributed by atoms with Crippen molar-refractivity contribution in [1.82, 2.24) is 19.7 Å². The van der Waals surface area contributed by atoms with Crippen LogP contribution in [-0.2, 0) is 0 Å². The minimum absolute atomic E-state index is 0.482. The van der Waals surface area contributed by atoms with Gasteiger partial charge in [0.25, 0.3) is 0 Å². The van der Waals surface area contributed by atoms with Crippen LogP contribution < -0.4 is 0 Å². The van der Waals surface area contributed by atoms with Gasteiger partial charge in [-0.05, 0) is 56.9 Å². The molecular formula is C19H28N4. The number of hydrogen-bond acceptors (Lipinski definition) is 2. The van der Waals surface area contributed by atoms with Crippen LogP contribution in [0.15, 0.2) is 12.1 Å². The van der Waals surface area contributed by atoms with Crippen molar-refractivity contribution in [1.29, 1.82) is 0 Å². The number of nitrogens with zero attached hydrogens (tertiary/aromatic N) is 3. The number of H-pyrrole nitrogens is 1. The first-order valence-electron chi connectivity index (χ1n) is 8.42. The van der Waals surface area contributed by atoms with Gasteiger partial charge in [-0.25, -0.2) is 9.67 Å². The fourth-order valence-corrected chi connectivity index (χ4v) is 3.23. The molecule has 1 N–H and O–H groups in total. The van der Waals surface area contributed by atoms with Gasteiger partial charge in [0.05, 0.1) is 22.4 Å². The Morgan fingerprint density at radius 1 is 1.04 bits per heavy atom. The van der Waals surface area contributed by atoms with E-state index in [4.69, 9.17) is 5.10 Å². The van der Waals surface area contributed by atoms with Crippen molar-refractivity contribution in [2.24, 2.45) is 0 Å². The van der Waals surface area contributed by atoms with E-state index < -0.39 is 0 Å². The number of nitrogens with one attached hydrogen (secondary N) is 1. The van der Waals surface area contributed by atoms with Crippen LogP contribution in [0.4, 0.5) is 0 Å². The van der Waals surface area contributed by atoms with Crippen molar-refractivity contribution in [3.8, 4) is 5.69 Å². The molecule has 124 valence electrons. The maximum absolute atomic E-state index is 4.75. The number of aromatic amines is 1. The van der Waals surface area contributed by atoms with Crippen molar-refractivity contribution in [2.45, 2.75) is 61.3 Å². The van der Waals surface area contributed by atoms with E-state index in [9.17, 15) is 0 Å². The van der Waals surface area contributed by atoms with Gasteiger partial charge in [-0.2, -0.15) is 5.10 Å². The number of benzene rings is 1. The van der Waals surface area contributed by atoms with Crippen molar-refractivity contribution in [3.05, 3.63) is 40.5 Å². The summed E-state index contributed by atoms with van der Waals surface area (Å²) in [7, 11) is 0. The predicted octanol–water partition coefficient (Wildman–Crippen LogP) is 5.13. The predicted molar refractivity (Wildman–Crippen MR) is 97.6 cm³/mol. The monoisotopic (exact) mass is 312 g/mol. The fourth-order valence-electron chi connectivity index (χ4n) is 3.23. The highest BCUT2D eigenvalue weighted by Gasteiger charge is 2.17. The fraction of sp³-hybridized carbons (Fsp3) is 0.474. The number of fused-ring (bicyclic) bond motifs is 1. The van der Waals surface area contributed by atoms with E-state index in [0.717, 1.165) is 28.2 Å². The minimum atomic E-state index is 0.482. The molecule has 0 saturated heterocycles. The van der Waals surface area contributed by atoms with Crippen LogP contribution in [-0.4, -0.2) is 19.7 Å². The lowest BCUT2D eigenvalue weighted by molar-refractivity contribution is 0.819. The zero-order valence-electron chi connectivity index (χ0n) is 15.6. The molecule has 3 aromatic rings. The summed E-state index contributed by atoms with van der Waals surface area (Å²) in [6.45, 7) is 16.8. The average Bonchev–Trinajstić information content (AvgIpc) is 2.98. The van der Waals surface area contributed by atoms with E-state index in [1.54, 1.807) is 0 Å². The van der Waals surface area contributed by atoms with Gasteiger partial charge in [0, 0.05) is 5.69 Å². The van der Waals surface area contributed by atoms with Gasteiger partial charge >= 0.3 is 0 Å². The van der Waals surface area contributed by atoms with Crippen molar-refractivity contribution < 1.29 is 0 Å². The van der Waals surface area contributed by atoms with E-state index in [1.165, 1.54) is 16.8 Å². The highest BCUT2D eigenvalue weighted by atomic mass is 15.3. The van der Waals surface area contributed by atoms with Crippen LogP contribution in [0.3, 0.4) is 0 Å². The molecule has 3 rings (SSSR count). The van der Waals surface area contributed by atoms with Crippen LogP contribution >= 0.6 is 0 Å². The minimum Gasteiger partial charge on any atom is -0.342 e. The summed E-state index contributed by atoms with van der Waals surface area (Å²) in [6, 6.07) is 4.27. The normalized spacial score (nSPS) is 11.0. The third-order valence-corrected chi connectivity index (χ3v) is 4.07. The molecule has 0 aliphatic heterocycles. The molecule has 0 aliphatic rings. The van der Waals surface area contributed by atoms with Crippen molar-refractivity contribution in [2.75, 3.05) is 0 Å². The molecule has 1 aromatic carbocycles. The average molecular weight is 312 g/mol. The highest BCUT2D eigenvalue weighted by Crippen LogP contribution is 2.27. The van der Waals surface area contributed by atoms with Crippen LogP contribution in [0, 0.1) is 27.7 Å². The lowest BCUT2D eigenvalue weighted by atomic mass is 10.0. The van der Waals surface area contributed by atoms with E-state index >= 15 is 0 Å². The molecule has 0 spiro atoms. The maximum atomic E-state index is 4.75. The second-order valence-electron chi connectivity index (χ2n) is 6.13. The van der Waals surface area contributed by atoms with Crippen LogP contribution in [0.1, 0.15) is 62.0 Å². The van der Waals surface area contributed by atoms with Gasteiger partial charge in [0.15, 0.2) is 0 Å². The first-order chi connectivity index (χ1) is 10.9. The standard InChI is InChI=1S/C17H22N4.C2H6/c1-9(2)17-11(4)20-21(12(17)5)16-8-15-14(7-10(16)3)18-13(6)19-15;1-2/h7-9H,1-6H3,(H,18,19);1-2H3.